The van der Waals surface area contributed by atoms with Crippen LogP contribution in [0.25, 0.3) is 28.2 Å². The summed E-state index contributed by atoms with van der Waals surface area (Å²) in [5.74, 6) is -0.390. The van der Waals surface area contributed by atoms with Crippen molar-refractivity contribution in [3.05, 3.63) is 65.7 Å². The summed E-state index contributed by atoms with van der Waals surface area (Å²) in [6.45, 7) is 0.823. The Labute approximate surface area is 122 Å². The first-order chi connectivity index (χ1) is 10.2. The molecule has 0 unspecified atom stereocenters. The number of carbonyl (C=O) groups is 1. The van der Waals surface area contributed by atoms with Crippen molar-refractivity contribution in [2.45, 2.75) is 6.54 Å². The first-order valence-electron chi connectivity index (χ1n) is 6.93. The molecule has 0 aliphatic carbocycles. The molecule has 0 spiro atoms. The van der Waals surface area contributed by atoms with Crippen molar-refractivity contribution < 1.29 is 4.79 Å². The van der Waals surface area contributed by atoms with Gasteiger partial charge in [-0.15, -0.1) is 0 Å². The van der Waals surface area contributed by atoms with E-state index >= 15 is 0 Å². The van der Waals surface area contributed by atoms with Crippen molar-refractivity contribution in [2.75, 3.05) is 0 Å². The van der Waals surface area contributed by atoms with Gasteiger partial charge in [0.15, 0.2) is 0 Å². The topological polar surface area (TPSA) is 48.0 Å². The molecule has 1 aromatic heterocycles. The molecule has 3 heteroatoms. The minimum absolute atomic E-state index is 0.390. The minimum atomic E-state index is -0.390. The van der Waals surface area contributed by atoms with Gasteiger partial charge in [0.2, 0.25) is 5.91 Å². The van der Waals surface area contributed by atoms with E-state index in [1.165, 1.54) is 16.8 Å². The molecule has 0 radical (unpaired) electrons. The minimum Gasteiger partial charge on any atom is -0.366 e. The summed E-state index contributed by atoms with van der Waals surface area (Å²) in [6, 6.07) is 16.1. The van der Waals surface area contributed by atoms with E-state index in [-0.39, 0.29) is 0 Å². The molecule has 1 aliphatic rings. The standard InChI is InChI=1S/C18H14N2O/c19-18(21)13-7-8-16-14(10-13)11-17-15-6-2-1-4-12(15)5-3-9-20(16)17/h1-8,10-11H,9H2,(H2,19,21). The van der Waals surface area contributed by atoms with Crippen LogP contribution in [-0.2, 0) is 6.54 Å². The Hall–Kier alpha value is -2.81. The van der Waals surface area contributed by atoms with E-state index in [2.05, 4.69) is 41.0 Å². The summed E-state index contributed by atoms with van der Waals surface area (Å²) in [5.41, 5.74) is 10.6. The second-order valence-electron chi connectivity index (χ2n) is 5.27. The van der Waals surface area contributed by atoms with Crippen molar-refractivity contribution in [3.63, 3.8) is 0 Å². The first kappa shape index (κ1) is 12.0. The van der Waals surface area contributed by atoms with Gasteiger partial charge in [-0.05, 0) is 29.8 Å². The number of hydrogen-bond donors (Lipinski definition) is 1. The zero-order chi connectivity index (χ0) is 14.4. The van der Waals surface area contributed by atoms with E-state index in [4.69, 9.17) is 5.73 Å². The van der Waals surface area contributed by atoms with Crippen LogP contribution >= 0.6 is 0 Å². The maximum atomic E-state index is 11.3. The summed E-state index contributed by atoms with van der Waals surface area (Å²) in [6.07, 6.45) is 4.32. The van der Waals surface area contributed by atoms with E-state index in [9.17, 15) is 4.79 Å². The average Bonchev–Trinajstić information content (AvgIpc) is 2.75. The highest BCUT2D eigenvalue weighted by molar-refractivity contribution is 5.98. The molecule has 3 aromatic rings. The molecule has 2 aromatic carbocycles. The highest BCUT2D eigenvalue weighted by atomic mass is 16.1. The predicted molar refractivity (Wildman–Crippen MR) is 84.9 cm³/mol. The Morgan fingerprint density at radius 3 is 2.81 bits per heavy atom. The number of nitrogens with zero attached hydrogens (tertiary/aromatic N) is 1. The second-order valence-corrected chi connectivity index (χ2v) is 5.27. The number of fused-ring (bicyclic) bond motifs is 5. The number of aromatic nitrogens is 1. The molecular formula is C18H14N2O. The third-order valence-electron chi connectivity index (χ3n) is 4.01. The summed E-state index contributed by atoms with van der Waals surface area (Å²) in [7, 11) is 0. The van der Waals surface area contributed by atoms with Crippen LogP contribution in [0.1, 0.15) is 15.9 Å². The van der Waals surface area contributed by atoms with Crippen molar-refractivity contribution in [3.8, 4) is 11.3 Å². The van der Waals surface area contributed by atoms with Gasteiger partial charge in [-0.1, -0.05) is 36.4 Å². The lowest BCUT2D eigenvalue weighted by Crippen LogP contribution is -2.10. The van der Waals surface area contributed by atoms with Crippen LogP contribution in [0.4, 0.5) is 0 Å². The van der Waals surface area contributed by atoms with Gasteiger partial charge < -0.3 is 10.3 Å². The number of allylic oxidation sites excluding steroid dienone is 1. The maximum Gasteiger partial charge on any atom is 0.248 e. The molecule has 0 atom stereocenters. The van der Waals surface area contributed by atoms with Crippen LogP contribution in [-0.4, -0.2) is 10.5 Å². The molecule has 3 nitrogen and oxygen atoms in total. The lowest BCUT2D eigenvalue weighted by atomic mass is 10.0. The van der Waals surface area contributed by atoms with Crippen molar-refractivity contribution >= 4 is 22.9 Å². The fourth-order valence-corrected chi connectivity index (χ4v) is 3.00. The molecule has 21 heavy (non-hydrogen) atoms. The van der Waals surface area contributed by atoms with Crippen LogP contribution in [0.2, 0.25) is 0 Å². The second kappa shape index (κ2) is 4.35. The Morgan fingerprint density at radius 2 is 1.95 bits per heavy atom. The van der Waals surface area contributed by atoms with Crippen molar-refractivity contribution in [2.24, 2.45) is 5.73 Å². The van der Waals surface area contributed by atoms with Crippen LogP contribution in [0.15, 0.2) is 54.6 Å². The van der Waals surface area contributed by atoms with Gasteiger partial charge in [0.25, 0.3) is 0 Å². The smallest absolute Gasteiger partial charge is 0.248 e. The van der Waals surface area contributed by atoms with E-state index in [1.807, 2.05) is 18.2 Å². The normalized spacial score (nSPS) is 12.8. The summed E-state index contributed by atoms with van der Waals surface area (Å²) in [4.78, 5) is 11.3. The molecule has 2 N–H and O–H groups in total. The Balaban J connectivity index is 2.03. The lowest BCUT2D eigenvalue weighted by Gasteiger charge is -2.07. The molecule has 0 saturated carbocycles. The zero-order valence-electron chi connectivity index (χ0n) is 11.4. The molecule has 2 heterocycles. The number of carbonyl (C=O) groups excluding carboxylic acids is 1. The van der Waals surface area contributed by atoms with Gasteiger partial charge >= 0.3 is 0 Å². The number of hydrogen-bond acceptors (Lipinski definition) is 1. The molecule has 0 saturated heterocycles. The highest BCUT2D eigenvalue weighted by Gasteiger charge is 2.15. The number of benzene rings is 2. The van der Waals surface area contributed by atoms with Crippen LogP contribution in [0.3, 0.4) is 0 Å². The third kappa shape index (κ3) is 1.78. The Morgan fingerprint density at radius 1 is 1.10 bits per heavy atom. The molecular weight excluding hydrogens is 260 g/mol. The SMILES string of the molecule is NC(=O)c1ccc2c(c1)cc1n2CC=Cc2ccccc2-1. The largest absolute Gasteiger partial charge is 0.366 e. The highest BCUT2D eigenvalue weighted by Crippen LogP contribution is 2.33. The number of amides is 1. The maximum absolute atomic E-state index is 11.3. The van der Waals surface area contributed by atoms with Gasteiger partial charge in [0.05, 0.1) is 0 Å². The Kier molecular flexibility index (Phi) is 2.48. The molecule has 102 valence electrons. The third-order valence-corrected chi connectivity index (χ3v) is 4.01. The van der Waals surface area contributed by atoms with Crippen LogP contribution in [0.5, 0.6) is 0 Å². The fourth-order valence-electron chi connectivity index (χ4n) is 3.00. The summed E-state index contributed by atoms with van der Waals surface area (Å²) < 4.78 is 2.27. The van der Waals surface area contributed by atoms with Crippen LogP contribution < -0.4 is 5.73 Å². The number of primary amides is 1. The zero-order valence-corrected chi connectivity index (χ0v) is 11.4. The molecule has 1 aliphatic heterocycles. The number of rotatable bonds is 1. The number of nitrogens with two attached hydrogens (primary N) is 1. The van der Waals surface area contributed by atoms with Crippen molar-refractivity contribution in [1.82, 2.24) is 4.57 Å². The Bertz CT molecular complexity index is 903. The monoisotopic (exact) mass is 274 g/mol. The summed E-state index contributed by atoms with van der Waals surface area (Å²) in [5, 5.41) is 1.05. The average molecular weight is 274 g/mol. The predicted octanol–water partition coefficient (Wildman–Crippen LogP) is 3.43. The van der Waals surface area contributed by atoms with Gasteiger partial charge in [0, 0.05) is 34.3 Å². The lowest BCUT2D eigenvalue weighted by molar-refractivity contribution is 0.100. The van der Waals surface area contributed by atoms with Gasteiger partial charge in [-0.25, -0.2) is 0 Å². The summed E-state index contributed by atoms with van der Waals surface area (Å²) >= 11 is 0. The fraction of sp³-hybridized carbons (Fsp3) is 0.0556. The molecule has 0 bridgehead atoms. The molecule has 1 amide bonds. The molecule has 4 rings (SSSR count). The van der Waals surface area contributed by atoms with E-state index in [0.29, 0.717) is 5.56 Å². The first-order valence-corrected chi connectivity index (χ1v) is 6.93. The quantitative estimate of drug-likeness (QED) is 0.726. The van der Waals surface area contributed by atoms with E-state index in [0.717, 1.165) is 17.4 Å². The van der Waals surface area contributed by atoms with Gasteiger partial charge in [-0.2, -0.15) is 0 Å². The van der Waals surface area contributed by atoms with E-state index in [1.54, 1.807) is 6.07 Å². The van der Waals surface area contributed by atoms with Gasteiger partial charge in [-0.3, -0.25) is 4.79 Å². The van der Waals surface area contributed by atoms with Crippen LogP contribution in [0, 0.1) is 0 Å². The van der Waals surface area contributed by atoms with Crippen molar-refractivity contribution in [1.29, 1.82) is 0 Å². The van der Waals surface area contributed by atoms with Gasteiger partial charge in [0.1, 0.15) is 0 Å². The molecule has 0 fully saturated rings. The van der Waals surface area contributed by atoms with E-state index < -0.39 is 5.91 Å².